The van der Waals surface area contributed by atoms with Crippen LogP contribution in [0.5, 0.6) is 5.75 Å². The molecule has 0 amide bonds. The van der Waals surface area contributed by atoms with Gasteiger partial charge in [0.15, 0.2) is 0 Å². The number of rotatable bonds is 6. The van der Waals surface area contributed by atoms with Gasteiger partial charge in [0.25, 0.3) is 0 Å². The average Bonchev–Trinajstić information content (AvgIpc) is 3.40. The lowest BCUT2D eigenvalue weighted by Gasteiger charge is -2.14. The van der Waals surface area contributed by atoms with Crippen LogP contribution in [0.15, 0.2) is 42.7 Å². The minimum atomic E-state index is -4.49. The highest BCUT2D eigenvalue weighted by atomic mass is 19.4. The van der Waals surface area contributed by atoms with Gasteiger partial charge in [0.1, 0.15) is 23.2 Å². The number of hydrogen-bond acceptors (Lipinski definition) is 6. The van der Waals surface area contributed by atoms with E-state index in [2.05, 4.69) is 20.6 Å². The number of nitrogens with zero attached hydrogens (tertiary/aromatic N) is 4. The summed E-state index contributed by atoms with van der Waals surface area (Å²) in [5, 5.41) is 11.1. The number of pyridine rings is 1. The summed E-state index contributed by atoms with van der Waals surface area (Å²) < 4.78 is 51.2. The van der Waals surface area contributed by atoms with Crippen LogP contribution in [-0.2, 0) is 17.5 Å². The maximum Gasteiger partial charge on any atom is 0.433 e. The highest BCUT2D eigenvalue weighted by molar-refractivity contribution is 5.45. The van der Waals surface area contributed by atoms with Crippen LogP contribution in [0.4, 0.5) is 18.9 Å². The van der Waals surface area contributed by atoms with Gasteiger partial charge in [-0.3, -0.25) is 4.98 Å². The minimum Gasteiger partial charge on any atom is -0.488 e. The molecule has 158 valence electrons. The fraction of sp³-hybridized carbons (Fsp3) is 0.350. The van der Waals surface area contributed by atoms with Crippen LogP contribution >= 0.6 is 0 Å². The number of halogens is 3. The SMILES string of the molecule is Cc1cc(-n2cc(CNc3ccnc(C(F)(F)F)c3)nn2)ccc1OC1CCOC1. The van der Waals surface area contributed by atoms with Crippen molar-refractivity contribution in [2.45, 2.75) is 32.2 Å². The lowest BCUT2D eigenvalue weighted by Crippen LogP contribution is -2.16. The predicted molar refractivity (Wildman–Crippen MR) is 103 cm³/mol. The van der Waals surface area contributed by atoms with Gasteiger partial charge in [-0.15, -0.1) is 5.10 Å². The molecule has 30 heavy (non-hydrogen) atoms. The molecule has 1 aromatic carbocycles. The Bertz CT molecular complexity index is 1020. The van der Waals surface area contributed by atoms with E-state index in [0.29, 0.717) is 24.6 Å². The number of ether oxygens (including phenoxy) is 2. The van der Waals surface area contributed by atoms with Crippen LogP contribution in [-0.4, -0.2) is 39.3 Å². The smallest absolute Gasteiger partial charge is 0.433 e. The van der Waals surface area contributed by atoms with Crippen molar-refractivity contribution in [1.29, 1.82) is 0 Å². The Hall–Kier alpha value is -3.14. The first-order chi connectivity index (χ1) is 14.4. The van der Waals surface area contributed by atoms with E-state index >= 15 is 0 Å². The second-order valence-electron chi connectivity index (χ2n) is 6.99. The maximum absolute atomic E-state index is 12.8. The van der Waals surface area contributed by atoms with E-state index in [4.69, 9.17) is 9.47 Å². The Kier molecular flexibility index (Phi) is 5.58. The summed E-state index contributed by atoms with van der Waals surface area (Å²) >= 11 is 0. The summed E-state index contributed by atoms with van der Waals surface area (Å²) in [5.74, 6) is 0.800. The van der Waals surface area contributed by atoms with E-state index < -0.39 is 11.9 Å². The highest BCUT2D eigenvalue weighted by Gasteiger charge is 2.32. The van der Waals surface area contributed by atoms with E-state index in [-0.39, 0.29) is 12.6 Å². The lowest BCUT2D eigenvalue weighted by atomic mass is 10.2. The molecule has 2 aromatic heterocycles. The van der Waals surface area contributed by atoms with E-state index in [1.54, 1.807) is 10.9 Å². The Morgan fingerprint density at radius 2 is 2.13 bits per heavy atom. The van der Waals surface area contributed by atoms with Gasteiger partial charge in [-0.05, 0) is 42.8 Å². The Balaban J connectivity index is 1.41. The van der Waals surface area contributed by atoms with Gasteiger partial charge >= 0.3 is 6.18 Å². The van der Waals surface area contributed by atoms with E-state index in [1.165, 1.54) is 6.07 Å². The van der Waals surface area contributed by atoms with Crippen molar-refractivity contribution in [3.8, 4) is 11.4 Å². The first-order valence-electron chi connectivity index (χ1n) is 9.42. The fourth-order valence-corrected chi connectivity index (χ4v) is 3.09. The fourth-order valence-electron chi connectivity index (χ4n) is 3.09. The molecule has 0 spiro atoms. The predicted octanol–water partition coefficient (Wildman–Crippen LogP) is 3.77. The molecule has 1 N–H and O–H groups in total. The summed E-state index contributed by atoms with van der Waals surface area (Å²) in [6, 6.07) is 8.13. The molecule has 7 nitrogen and oxygen atoms in total. The molecule has 4 rings (SSSR count). The van der Waals surface area contributed by atoms with Gasteiger partial charge in [0, 0.05) is 18.3 Å². The second-order valence-corrected chi connectivity index (χ2v) is 6.99. The number of alkyl halides is 3. The monoisotopic (exact) mass is 419 g/mol. The van der Waals surface area contributed by atoms with E-state index in [0.717, 1.165) is 35.7 Å². The van der Waals surface area contributed by atoms with Crippen molar-refractivity contribution >= 4 is 5.69 Å². The molecule has 1 saturated heterocycles. The van der Waals surface area contributed by atoms with Gasteiger partial charge in [0.2, 0.25) is 0 Å². The van der Waals surface area contributed by atoms with Crippen LogP contribution < -0.4 is 10.1 Å². The largest absolute Gasteiger partial charge is 0.488 e. The maximum atomic E-state index is 12.8. The Morgan fingerprint density at radius 3 is 2.87 bits per heavy atom. The first kappa shape index (κ1) is 20.1. The molecule has 1 fully saturated rings. The molecule has 1 aliphatic heterocycles. The number of benzene rings is 1. The third kappa shape index (κ3) is 4.70. The molecule has 3 heterocycles. The van der Waals surface area contributed by atoms with Crippen molar-refractivity contribution in [3.05, 3.63) is 59.7 Å². The van der Waals surface area contributed by atoms with Crippen molar-refractivity contribution in [2.75, 3.05) is 18.5 Å². The molecule has 0 aliphatic carbocycles. The third-order valence-electron chi connectivity index (χ3n) is 4.67. The van der Waals surface area contributed by atoms with Gasteiger partial charge in [0.05, 0.1) is 31.6 Å². The molecular weight excluding hydrogens is 399 g/mol. The molecule has 3 aromatic rings. The lowest BCUT2D eigenvalue weighted by molar-refractivity contribution is -0.141. The van der Waals surface area contributed by atoms with E-state index in [1.807, 2.05) is 25.1 Å². The standard InChI is InChI=1S/C20H20F3N5O2/c1-13-8-16(2-3-18(13)30-17-5-7-29-12-17)28-11-15(26-27-28)10-25-14-4-6-24-19(9-14)20(21,22)23/h2-4,6,8-9,11,17H,5,7,10,12H2,1H3,(H,24,25). The quantitative estimate of drug-likeness (QED) is 0.656. The molecule has 0 saturated carbocycles. The summed E-state index contributed by atoms with van der Waals surface area (Å²) in [5.41, 5.74) is 1.72. The van der Waals surface area contributed by atoms with Crippen molar-refractivity contribution in [2.24, 2.45) is 0 Å². The number of hydrogen-bond donors (Lipinski definition) is 1. The molecule has 10 heteroatoms. The van der Waals surface area contributed by atoms with Crippen LogP contribution in [0.1, 0.15) is 23.4 Å². The molecule has 1 atom stereocenters. The Labute approximate surface area is 170 Å². The highest BCUT2D eigenvalue weighted by Crippen LogP contribution is 2.29. The minimum absolute atomic E-state index is 0.0737. The van der Waals surface area contributed by atoms with Crippen LogP contribution in [0.3, 0.4) is 0 Å². The van der Waals surface area contributed by atoms with Crippen molar-refractivity contribution in [3.63, 3.8) is 0 Å². The summed E-state index contributed by atoms with van der Waals surface area (Å²) in [4.78, 5) is 3.34. The van der Waals surface area contributed by atoms with Crippen LogP contribution in [0, 0.1) is 6.92 Å². The van der Waals surface area contributed by atoms with Gasteiger partial charge < -0.3 is 14.8 Å². The summed E-state index contributed by atoms with van der Waals surface area (Å²) in [6.07, 6.45) is -0.697. The van der Waals surface area contributed by atoms with Crippen LogP contribution in [0.2, 0.25) is 0 Å². The molecule has 0 radical (unpaired) electrons. The topological polar surface area (TPSA) is 74.1 Å². The number of anilines is 1. The zero-order valence-corrected chi connectivity index (χ0v) is 16.2. The first-order valence-corrected chi connectivity index (χ1v) is 9.42. The van der Waals surface area contributed by atoms with Gasteiger partial charge in [-0.2, -0.15) is 13.2 Å². The summed E-state index contributed by atoms with van der Waals surface area (Å²) in [7, 11) is 0. The normalized spacial score (nSPS) is 16.6. The van der Waals surface area contributed by atoms with E-state index in [9.17, 15) is 13.2 Å². The zero-order valence-electron chi connectivity index (χ0n) is 16.2. The second kappa shape index (κ2) is 8.31. The molecule has 0 bridgehead atoms. The third-order valence-corrected chi connectivity index (χ3v) is 4.67. The van der Waals surface area contributed by atoms with Crippen LogP contribution in [0.25, 0.3) is 5.69 Å². The summed E-state index contributed by atoms with van der Waals surface area (Å²) in [6.45, 7) is 3.50. The number of nitrogens with one attached hydrogen (secondary N) is 1. The molecular formula is C20H20F3N5O2. The number of aryl methyl sites for hydroxylation is 1. The van der Waals surface area contributed by atoms with Crippen molar-refractivity contribution in [1.82, 2.24) is 20.0 Å². The Morgan fingerprint density at radius 1 is 1.27 bits per heavy atom. The zero-order chi connectivity index (χ0) is 21.1. The average molecular weight is 419 g/mol. The molecule has 1 unspecified atom stereocenters. The van der Waals surface area contributed by atoms with Crippen molar-refractivity contribution < 1.29 is 22.6 Å². The van der Waals surface area contributed by atoms with Gasteiger partial charge in [-0.1, -0.05) is 5.21 Å². The number of aromatic nitrogens is 4. The molecule has 1 aliphatic rings. The van der Waals surface area contributed by atoms with Gasteiger partial charge in [-0.25, -0.2) is 4.68 Å².